The van der Waals surface area contributed by atoms with Gasteiger partial charge >= 0.3 is 0 Å². The van der Waals surface area contributed by atoms with Gasteiger partial charge in [0.15, 0.2) is 0 Å². The third-order valence-electron chi connectivity index (χ3n) is 1.75. The van der Waals surface area contributed by atoms with E-state index < -0.39 is 5.60 Å². The van der Waals surface area contributed by atoms with E-state index in [1.54, 1.807) is 6.92 Å². The van der Waals surface area contributed by atoms with E-state index in [9.17, 15) is 5.11 Å². The summed E-state index contributed by atoms with van der Waals surface area (Å²) in [5.41, 5.74) is -1.12. The van der Waals surface area contributed by atoms with Gasteiger partial charge in [-0.05, 0) is 11.8 Å². The Hall–Kier alpha value is 0. The first-order chi connectivity index (χ1) is 4.31. The molecule has 0 spiro atoms. The summed E-state index contributed by atoms with van der Waals surface area (Å²) in [6.45, 7) is 7.56. The minimum absolute atomic E-state index is 0.201. The fourth-order valence-electron chi connectivity index (χ4n) is 0.279. The maximum atomic E-state index is 9.65. The molecule has 1 atom stereocenters. The number of halogens is 1. The molecule has 0 heterocycles. The molecule has 0 rings (SSSR count). The first-order valence-electron chi connectivity index (χ1n) is 3.16. The highest BCUT2D eigenvalue weighted by molar-refractivity contribution is 9.12. The van der Waals surface area contributed by atoms with Crippen LogP contribution in [0.15, 0.2) is 0 Å². The van der Waals surface area contributed by atoms with Crippen molar-refractivity contribution < 1.29 is 5.11 Å². The molecule has 0 fully saturated rings. The Kier molecular flexibility index (Phi) is 2.94. The Bertz CT molecular complexity index is 166. The predicted molar refractivity (Wildman–Crippen MR) is 46.8 cm³/mol. The zero-order chi connectivity index (χ0) is 8.41. The highest BCUT2D eigenvalue weighted by Gasteiger charge is 2.33. The second-order valence-electron chi connectivity index (χ2n) is 3.54. The van der Waals surface area contributed by atoms with Crippen molar-refractivity contribution in [1.29, 1.82) is 0 Å². The summed E-state index contributed by atoms with van der Waals surface area (Å²) in [6.07, 6.45) is 0. The van der Waals surface area contributed by atoms with Crippen LogP contribution < -0.4 is 0 Å². The van der Waals surface area contributed by atoms with Gasteiger partial charge < -0.3 is 5.11 Å². The van der Waals surface area contributed by atoms with Gasteiger partial charge in [0.05, 0.1) is 0 Å². The van der Waals surface area contributed by atoms with E-state index in [1.165, 1.54) is 0 Å². The SMILES string of the molecule is CC(C)(C)C(C)(O)C#CBr. The Morgan fingerprint density at radius 1 is 1.20 bits per heavy atom. The number of hydrogen-bond acceptors (Lipinski definition) is 1. The Labute approximate surface area is 71.0 Å². The number of aliphatic hydroxyl groups is 1. The van der Waals surface area contributed by atoms with Gasteiger partial charge in [-0.2, -0.15) is 0 Å². The molecule has 0 aromatic heterocycles. The van der Waals surface area contributed by atoms with Crippen molar-refractivity contribution in [3.8, 4) is 10.8 Å². The second-order valence-corrected chi connectivity index (χ2v) is 3.94. The van der Waals surface area contributed by atoms with Crippen LogP contribution in [-0.4, -0.2) is 10.7 Å². The highest BCUT2D eigenvalue weighted by atomic mass is 79.9. The molecule has 0 saturated carbocycles. The van der Waals surface area contributed by atoms with Crippen LogP contribution in [-0.2, 0) is 0 Å². The minimum Gasteiger partial charge on any atom is -0.377 e. The molecule has 0 aliphatic carbocycles. The van der Waals surface area contributed by atoms with Crippen LogP contribution in [0.2, 0.25) is 0 Å². The summed E-state index contributed by atoms with van der Waals surface area (Å²) >= 11 is 2.96. The lowest BCUT2D eigenvalue weighted by Gasteiger charge is -2.31. The summed E-state index contributed by atoms with van der Waals surface area (Å²) in [5.74, 6) is 2.68. The lowest BCUT2D eigenvalue weighted by molar-refractivity contribution is 0.0130. The van der Waals surface area contributed by atoms with Crippen LogP contribution in [0.1, 0.15) is 27.7 Å². The molecule has 1 unspecified atom stereocenters. The summed E-state index contributed by atoms with van der Waals surface area (Å²) in [6, 6.07) is 0. The van der Waals surface area contributed by atoms with Gasteiger partial charge in [0.25, 0.3) is 0 Å². The van der Waals surface area contributed by atoms with Crippen molar-refractivity contribution in [2.24, 2.45) is 5.41 Å². The minimum atomic E-state index is -0.920. The normalized spacial score (nSPS) is 17.0. The van der Waals surface area contributed by atoms with Crippen molar-refractivity contribution in [1.82, 2.24) is 0 Å². The predicted octanol–water partition coefficient (Wildman–Crippen LogP) is 2.14. The molecule has 1 N–H and O–H groups in total. The molecular weight excluding hydrogens is 192 g/mol. The average molecular weight is 205 g/mol. The third kappa shape index (κ3) is 2.32. The van der Waals surface area contributed by atoms with E-state index in [0.29, 0.717) is 0 Å². The second kappa shape index (κ2) is 2.94. The zero-order valence-electron chi connectivity index (χ0n) is 6.83. The van der Waals surface area contributed by atoms with Crippen LogP contribution in [0.3, 0.4) is 0 Å². The molecule has 0 aromatic carbocycles. The van der Waals surface area contributed by atoms with Gasteiger partial charge in [-0.3, -0.25) is 0 Å². The Morgan fingerprint density at radius 2 is 1.60 bits per heavy atom. The van der Waals surface area contributed by atoms with Crippen LogP contribution in [0.5, 0.6) is 0 Å². The molecule has 0 aromatic rings. The van der Waals surface area contributed by atoms with Crippen LogP contribution >= 0.6 is 15.9 Å². The van der Waals surface area contributed by atoms with Crippen molar-refractivity contribution in [2.45, 2.75) is 33.3 Å². The van der Waals surface area contributed by atoms with Gasteiger partial charge in [0.1, 0.15) is 5.60 Å². The fourth-order valence-corrected chi connectivity index (χ4v) is 0.666. The lowest BCUT2D eigenvalue weighted by atomic mass is 9.79. The Balaban J connectivity index is 4.51. The zero-order valence-corrected chi connectivity index (χ0v) is 8.41. The quantitative estimate of drug-likeness (QED) is 0.600. The van der Waals surface area contributed by atoms with Gasteiger partial charge in [0, 0.05) is 21.3 Å². The summed E-state index contributed by atoms with van der Waals surface area (Å²) in [5, 5.41) is 9.65. The smallest absolute Gasteiger partial charge is 0.128 e. The summed E-state index contributed by atoms with van der Waals surface area (Å²) in [4.78, 5) is 2.53. The molecule has 0 amide bonds. The molecule has 10 heavy (non-hydrogen) atoms. The highest BCUT2D eigenvalue weighted by Crippen LogP contribution is 2.28. The van der Waals surface area contributed by atoms with E-state index in [2.05, 4.69) is 26.7 Å². The van der Waals surface area contributed by atoms with Crippen molar-refractivity contribution in [2.75, 3.05) is 0 Å². The van der Waals surface area contributed by atoms with E-state index in [4.69, 9.17) is 0 Å². The monoisotopic (exact) mass is 204 g/mol. The fraction of sp³-hybridized carbons (Fsp3) is 0.750. The lowest BCUT2D eigenvalue weighted by Crippen LogP contribution is -2.37. The van der Waals surface area contributed by atoms with Gasteiger partial charge in [-0.25, -0.2) is 0 Å². The number of rotatable bonds is 0. The molecule has 0 radical (unpaired) electrons. The molecule has 0 saturated heterocycles. The van der Waals surface area contributed by atoms with Crippen molar-refractivity contribution in [3.05, 3.63) is 0 Å². The van der Waals surface area contributed by atoms with Gasteiger partial charge in [0.2, 0.25) is 0 Å². The molecule has 58 valence electrons. The molecule has 2 heteroatoms. The van der Waals surface area contributed by atoms with E-state index in [1.807, 2.05) is 20.8 Å². The van der Waals surface area contributed by atoms with E-state index in [-0.39, 0.29) is 5.41 Å². The van der Waals surface area contributed by atoms with Crippen molar-refractivity contribution in [3.63, 3.8) is 0 Å². The third-order valence-corrected chi connectivity index (χ3v) is 1.95. The summed E-state index contributed by atoms with van der Waals surface area (Å²) in [7, 11) is 0. The first-order valence-corrected chi connectivity index (χ1v) is 3.96. The summed E-state index contributed by atoms with van der Waals surface area (Å²) < 4.78 is 0. The van der Waals surface area contributed by atoms with Gasteiger partial charge in [-0.1, -0.05) is 26.7 Å². The Morgan fingerprint density at radius 3 is 1.70 bits per heavy atom. The van der Waals surface area contributed by atoms with Crippen LogP contribution in [0.25, 0.3) is 0 Å². The molecular formula is C8H13BrO. The largest absolute Gasteiger partial charge is 0.377 e. The standard InChI is InChI=1S/C8H13BrO/c1-7(2,3)8(4,10)5-6-9/h10H,1-4H3. The molecule has 0 bridgehead atoms. The van der Waals surface area contributed by atoms with Crippen molar-refractivity contribution >= 4 is 15.9 Å². The van der Waals surface area contributed by atoms with Crippen LogP contribution in [0, 0.1) is 16.2 Å². The van der Waals surface area contributed by atoms with E-state index >= 15 is 0 Å². The first kappa shape index (κ1) is 10.0. The molecule has 1 nitrogen and oxygen atoms in total. The molecule has 0 aliphatic rings. The maximum absolute atomic E-state index is 9.65. The van der Waals surface area contributed by atoms with E-state index in [0.717, 1.165) is 0 Å². The maximum Gasteiger partial charge on any atom is 0.128 e. The van der Waals surface area contributed by atoms with Gasteiger partial charge in [-0.15, -0.1) is 0 Å². The topological polar surface area (TPSA) is 20.2 Å². The average Bonchev–Trinajstić information content (AvgIpc) is 1.61. The van der Waals surface area contributed by atoms with Crippen LogP contribution in [0.4, 0.5) is 0 Å². The number of hydrogen-bond donors (Lipinski definition) is 1. The molecule has 0 aliphatic heterocycles.